The number of imidazole rings is 1. The van der Waals surface area contributed by atoms with Gasteiger partial charge in [0.05, 0.1) is 25.0 Å². The molecule has 4 rings (SSSR count). The number of pyridine rings is 1. The molecular weight excluding hydrogens is 426 g/mol. The zero-order valence-corrected chi connectivity index (χ0v) is 20.0. The highest BCUT2D eigenvalue weighted by Gasteiger charge is 2.16. The summed E-state index contributed by atoms with van der Waals surface area (Å²) in [6.07, 6.45) is 3.01. The third-order valence-corrected chi connectivity index (χ3v) is 5.76. The van der Waals surface area contributed by atoms with Crippen LogP contribution in [0.25, 0.3) is 11.2 Å². The monoisotopic (exact) mass is 457 g/mol. The van der Waals surface area contributed by atoms with Gasteiger partial charge in [0.2, 0.25) is 0 Å². The van der Waals surface area contributed by atoms with Crippen LogP contribution in [0, 0.1) is 6.92 Å². The van der Waals surface area contributed by atoms with Crippen molar-refractivity contribution in [1.29, 1.82) is 0 Å². The van der Waals surface area contributed by atoms with Crippen LogP contribution in [0.5, 0.6) is 5.75 Å². The molecule has 0 aliphatic rings. The summed E-state index contributed by atoms with van der Waals surface area (Å²) in [6.45, 7) is 5.19. The molecule has 2 heterocycles. The Morgan fingerprint density at radius 3 is 2.59 bits per heavy atom. The topological polar surface area (TPSA) is 81.1 Å². The van der Waals surface area contributed by atoms with Crippen LogP contribution in [0.3, 0.4) is 0 Å². The Hall–Kier alpha value is -3.87. The first-order valence-electron chi connectivity index (χ1n) is 11.7. The molecule has 0 radical (unpaired) electrons. The van der Waals surface area contributed by atoms with Crippen LogP contribution < -0.4 is 15.4 Å². The molecule has 0 atom stereocenters. The first kappa shape index (κ1) is 23.3. The SMILES string of the molecule is CCCCc1nc2cc(NC(=O)NCc3ccccc3)c(C)nc2n1Cc1cccc(OC)c1. The number of aromatic nitrogens is 3. The molecule has 0 unspecified atom stereocenters. The fourth-order valence-electron chi connectivity index (χ4n) is 3.90. The third-order valence-electron chi connectivity index (χ3n) is 5.76. The molecule has 0 fully saturated rings. The fourth-order valence-corrected chi connectivity index (χ4v) is 3.90. The summed E-state index contributed by atoms with van der Waals surface area (Å²) in [5.74, 6) is 1.83. The van der Waals surface area contributed by atoms with Gasteiger partial charge < -0.3 is 19.9 Å². The molecular formula is C27H31N5O2. The molecule has 0 aliphatic carbocycles. The Kier molecular flexibility index (Phi) is 7.42. The van der Waals surface area contributed by atoms with Gasteiger partial charge in [-0.3, -0.25) is 0 Å². The van der Waals surface area contributed by atoms with E-state index in [0.717, 1.165) is 58.8 Å². The van der Waals surface area contributed by atoms with Crippen molar-refractivity contribution < 1.29 is 9.53 Å². The number of fused-ring (bicyclic) bond motifs is 1. The number of amides is 2. The Bertz CT molecular complexity index is 1270. The average molecular weight is 458 g/mol. The second-order valence-electron chi connectivity index (χ2n) is 8.33. The van der Waals surface area contributed by atoms with E-state index < -0.39 is 0 Å². The molecule has 176 valence electrons. The molecule has 0 spiro atoms. The predicted molar refractivity (Wildman–Crippen MR) is 135 cm³/mol. The highest BCUT2D eigenvalue weighted by molar-refractivity contribution is 5.92. The number of anilines is 1. The van der Waals surface area contributed by atoms with Gasteiger partial charge in [0.15, 0.2) is 5.65 Å². The van der Waals surface area contributed by atoms with Crippen LogP contribution in [0.4, 0.5) is 10.5 Å². The molecule has 7 nitrogen and oxygen atoms in total. The maximum atomic E-state index is 12.5. The summed E-state index contributed by atoms with van der Waals surface area (Å²) in [6, 6.07) is 19.5. The van der Waals surface area contributed by atoms with Gasteiger partial charge in [-0.1, -0.05) is 55.8 Å². The number of ether oxygens (including phenoxy) is 1. The number of methoxy groups -OCH3 is 1. The molecule has 4 aromatic rings. The Labute approximate surface area is 200 Å². The molecule has 2 N–H and O–H groups in total. The van der Waals surface area contributed by atoms with Crippen molar-refractivity contribution in [3.63, 3.8) is 0 Å². The minimum Gasteiger partial charge on any atom is -0.497 e. The summed E-state index contributed by atoms with van der Waals surface area (Å²) in [5.41, 5.74) is 5.17. The Morgan fingerprint density at radius 1 is 1.03 bits per heavy atom. The smallest absolute Gasteiger partial charge is 0.319 e. The maximum absolute atomic E-state index is 12.5. The van der Waals surface area contributed by atoms with Crippen molar-refractivity contribution in [2.45, 2.75) is 46.2 Å². The summed E-state index contributed by atoms with van der Waals surface area (Å²) in [4.78, 5) is 22.2. The van der Waals surface area contributed by atoms with E-state index in [9.17, 15) is 4.79 Å². The summed E-state index contributed by atoms with van der Waals surface area (Å²) < 4.78 is 7.56. The molecule has 0 bridgehead atoms. The van der Waals surface area contributed by atoms with E-state index in [1.807, 2.05) is 61.5 Å². The van der Waals surface area contributed by atoms with Crippen molar-refractivity contribution in [2.75, 3.05) is 12.4 Å². The van der Waals surface area contributed by atoms with Crippen LogP contribution >= 0.6 is 0 Å². The number of hydrogen-bond acceptors (Lipinski definition) is 4. The highest BCUT2D eigenvalue weighted by Crippen LogP contribution is 2.24. The number of hydrogen-bond donors (Lipinski definition) is 2. The summed E-state index contributed by atoms with van der Waals surface area (Å²) >= 11 is 0. The van der Waals surface area contributed by atoms with E-state index in [2.05, 4.69) is 28.2 Å². The van der Waals surface area contributed by atoms with E-state index in [0.29, 0.717) is 18.8 Å². The molecule has 0 aliphatic heterocycles. The predicted octanol–water partition coefficient (Wildman–Crippen LogP) is 5.46. The second-order valence-corrected chi connectivity index (χ2v) is 8.33. The lowest BCUT2D eigenvalue weighted by atomic mass is 10.2. The number of carbonyl (C=O) groups is 1. The molecule has 2 amide bonds. The van der Waals surface area contributed by atoms with Crippen molar-refractivity contribution in [3.8, 4) is 5.75 Å². The van der Waals surface area contributed by atoms with E-state index in [1.54, 1.807) is 7.11 Å². The molecule has 7 heteroatoms. The van der Waals surface area contributed by atoms with Gasteiger partial charge in [0, 0.05) is 13.0 Å². The second kappa shape index (κ2) is 10.8. The zero-order valence-electron chi connectivity index (χ0n) is 20.0. The number of aryl methyl sites for hydroxylation is 2. The number of urea groups is 1. The number of rotatable bonds is 9. The van der Waals surface area contributed by atoms with Crippen LogP contribution in [-0.4, -0.2) is 27.7 Å². The fraction of sp³-hybridized carbons (Fsp3) is 0.296. The number of unbranched alkanes of at least 4 members (excludes halogenated alkanes) is 1. The van der Waals surface area contributed by atoms with Gasteiger partial charge in [0.1, 0.15) is 17.1 Å². The minimum absolute atomic E-state index is 0.268. The van der Waals surface area contributed by atoms with Crippen molar-refractivity contribution in [1.82, 2.24) is 19.9 Å². The number of nitrogens with zero attached hydrogens (tertiary/aromatic N) is 3. The molecule has 0 saturated heterocycles. The lowest BCUT2D eigenvalue weighted by Crippen LogP contribution is -2.28. The Balaban J connectivity index is 1.58. The standard InChI is InChI=1S/C27H31N5O2/c1-4-5-14-25-30-24-16-23(31-27(33)28-17-20-10-7-6-8-11-20)19(2)29-26(24)32(25)18-21-12-9-13-22(15-21)34-3/h6-13,15-16H,4-5,14,17-18H2,1-3H3,(H2,28,31,33). The minimum atomic E-state index is -0.268. The Morgan fingerprint density at radius 2 is 1.82 bits per heavy atom. The molecule has 2 aromatic carbocycles. The molecule has 0 saturated carbocycles. The quantitative estimate of drug-likeness (QED) is 0.350. The van der Waals surface area contributed by atoms with Crippen molar-refractivity contribution >= 4 is 22.9 Å². The van der Waals surface area contributed by atoms with E-state index >= 15 is 0 Å². The number of nitrogens with one attached hydrogen (secondary N) is 2. The first-order chi connectivity index (χ1) is 16.6. The average Bonchev–Trinajstić information content (AvgIpc) is 3.18. The molecule has 2 aromatic heterocycles. The lowest BCUT2D eigenvalue weighted by Gasteiger charge is -2.12. The summed E-state index contributed by atoms with van der Waals surface area (Å²) in [7, 11) is 1.67. The van der Waals surface area contributed by atoms with E-state index in [4.69, 9.17) is 14.7 Å². The lowest BCUT2D eigenvalue weighted by molar-refractivity contribution is 0.251. The first-order valence-corrected chi connectivity index (χ1v) is 11.7. The molecule has 34 heavy (non-hydrogen) atoms. The third kappa shape index (κ3) is 5.54. The number of benzene rings is 2. The van der Waals surface area contributed by atoms with Gasteiger partial charge in [0.25, 0.3) is 0 Å². The maximum Gasteiger partial charge on any atom is 0.319 e. The van der Waals surface area contributed by atoms with Gasteiger partial charge in [-0.05, 0) is 42.7 Å². The zero-order chi connectivity index (χ0) is 23.9. The van der Waals surface area contributed by atoms with Crippen molar-refractivity contribution in [3.05, 3.63) is 83.3 Å². The highest BCUT2D eigenvalue weighted by atomic mass is 16.5. The van der Waals surface area contributed by atoms with Crippen molar-refractivity contribution in [2.24, 2.45) is 0 Å². The van der Waals surface area contributed by atoms with Crippen LogP contribution in [0.2, 0.25) is 0 Å². The van der Waals surface area contributed by atoms with Crippen LogP contribution in [0.1, 0.15) is 42.4 Å². The van der Waals surface area contributed by atoms with Crippen LogP contribution in [0.15, 0.2) is 60.7 Å². The van der Waals surface area contributed by atoms with Gasteiger partial charge in [-0.2, -0.15) is 0 Å². The van der Waals surface area contributed by atoms with Gasteiger partial charge in [-0.25, -0.2) is 14.8 Å². The normalized spacial score (nSPS) is 10.9. The number of carbonyl (C=O) groups excluding carboxylic acids is 1. The van der Waals surface area contributed by atoms with Gasteiger partial charge in [-0.15, -0.1) is 0 Å². The van der Waals surface area contributed by atoms with E-state index in [-0.39, 0.29) is 6.03 Å². The van der Waals surface area contributed by atoms with Crippen LogP contribution in [-0.2, 0) is 19.5 Å². The van der Waals surface area contributed by atoms with E-state index in [1.165, 1.54) is 0 Å². The summed E-state index contributed by atoms with van der Waals surface area (Å²) in [5, 5.41) is 5.83. The largest absolute Gasteiger partial charge is 0.497 e. The van der Waals surface area contributed by atoms with Gasteiger partial charge >= 0.3 is 6.03 Å².